The number of hydrogen-bond donors (Lipinski definition) is 1. The van der Waals surface area contributed by atoms with Gasteiger partial charge in [-0.05, 0) is 48.9 Å². The molecule has 0 saturated carbocycles. The van der Waals surface area contributed by atoms with Gasteiger partial charge in [0.25, 0.3) is 5.91 Å². The van der Waals surface area contributed by atoms with E-state index in [2.05, 4.69) is 5.32 Å². The van der Waals surface area contributed by atoms with Crippen molar-refractivity contribution < 1.29 is 30.8 Å². The highest BCUT2D eigenvalue weighted by atomic mass is 32.2. The molecule has 3 aromatic rings. The van der Waals surface area contributed by atoms with Gasteiger partial charge in [0.2, 0.25) is 10.0 Å². The Kier molecular flexibility index (Phi) is 6.47. The predicted molar refractivity (Wildman–Crippen MR) is 112 cm³/mol. The highest BCUT2D eigenvalue weighted by Gasteiger charge is 2.30. The third kappa shape index (κ3) is 5.03. The third-order valence-corrected chi connectivity index (χ3v) is 6.64. The summed E-state index contributed by atoms with van der Waals surface area (Å²) in [6, 6.07) is 13.1. The quantitative estimate of drug-likeness (QED) is 0.571. The van der Waals surface area contributed by atoms with E-state index in [1.165, 1.54) is 50.5 Å². The van der Waals surface area contributed by atoms with Crippen molar-refractivity contribution >= 4 is 15.9 Å². The van der Waals surface area contributed by atoms with Crippen LogP contribution >= 0.6 is 0 Å². The highest BCUT2D eigenvalue weighted by Crippen LogP contribution is 2.32. The SMILES string of the molecule is CC(NC(=O)c1ccc(-c2cccc(C(F)(F)F)c2)o1)c1ccc(S(=O)(=O)N(C)C)cc1. The maximum Gasteiger partial charge on any atom is 0.416 e. The van der Waals surface area contributed by atoms with Crippen molar-refractivity contribution in [1.82, 2.24) is 9.62 Å². The van der Waals surface area contributed by atoms with E-state index >= 15 is 0 Å². The average Bonchev–Trinajstić information content (AvgIpc) is 3.23. The molecule has 1 aromatic heterocycles. The van der Waals surface area contributed by atoms with E-state index in [4.69, 9.17) is 4.42 Å². The number of alkyl halides is 3. The van der Waals surface area contributed by atoms with Crippen LogP contribution in [0.5, 0.6) is 0 Å². The van der Waals surface area contributed by atoms with E-state index in [1.807, 2.05) is 0 Å². The van der Waals surface area contributed by atoms with Crippen molar-refractivity contribution in [3.63, 3.8) is 0 Å². The summed E-state index contributed by atoms with van der Waals surface area (Å²) in [5.41, 5.74) is 0.0519. The molecule has 0 aliphatic carbocycles. The lowest BCUT2D eigenvalue weighted by atomic mass is 10.1. The molecule has 1 amide bonds. The first-order valence-corrected chi connectivity index (χ1v) is 10.9. The van der Waals surface area contributed by atoms with Gasteiger partial charge in [0.15, 0.2) is 5.76 Å². The smallest absolute Gasteiger partial charge is 0.416 e. The topological polar surface area (TPSA) is 79.6 Å². The molecule has 0 spiro atoms. The fourth-order valence-corrected chi connectivity index (χ4v) is 3.86. The molecule has 0 bridgehead atoms. The molecule has 1 heterocycles. The van der Waals surface area contributed by atoms with Gasteiger partial charge in [-0.1, -0.05) is 24.3 Å². The van der Waals surface area contributed by atoms with Crippen LogP contribution in [0, 0.1) is 0 Å². The van der Waals surface area contributed by atoms with Gasteiger partial charge in [0.05, 0.1) is 16.5 Å². The van der Waals surface area contributed by atoms with Crippen molar-refractivity contribution in [3.05, 3.63) is 77.6 Å². The molecule has 0 aliphatic rings. The van der Waals surface area contributed by atoms with Gasteiger partial charge < -0.3 is 9.73 Å². The van der Waals surface area contributed by atoms with Crippen molar-refractivity contribution in [2.75, 3.05) is 14.1 Å². The molecule has 0 saturated heterocycles. The van der Waals surface area contributed by atoms with Crippen molar-refractivity contribution in [2.45, 2.75) is 24.0 Å². The normalized spacial score (nSPS) is 13.2. The lowest BCUT2D eigenvalue weighted by molar-refractivity contribution is -0.137. The zero-order chi connectivity index (χ0) is 23.7. The first-order valence-electron chi connectivity index (χ1n) is 9.50. The van der Waals surface area contributed by atoms with E-state index < -0.39 is 33.7 Å². The number of hydrogen-bond acceptors (Lipinski definition) is 4. The summed E-state index contributed by atoms with van der Waals surface area (Å²) in [7, 11) is -0.694. The summed E-state index contributed by atoms with van der Waals surface area (Å²) in [5.74, 6) is -0.482. The van der Waals surface area contributed by atoms with E-state index in [0.29, 0.717) is 5.56 Å². The second-order valence-electron chi connectivity index (χ2n) is 7.29. The molecule has 2 aromatic carbocycles. The van der Waals surface area contributed by atoms with Crippen LogP contribution in [-0.4, -0.2) is 32.7 Å². The van der Waals surface area contributed by atoms with Gasteiger partial charge >= 0.3 is 6.18 Å². The van der Waals surface area contributed by atoms with Gasteiger partial charge in [0.1, 0.15) is 5.76 Å². The molecule has 0 aliphatic heterocycles. The lowest BCUT2D eigenvalue weighted by Gasteiger charge is -2.15. The van der Waals surface area contributed by atoms with Gasteiger partial charge in [-0.2, -0.15) is 13.2 Å². The average molecular weight is 466 g/mol. The molecule has 1 N–H and O–H groups in total. The number of nitrogens with zero attached hydrogens (tertiary/aromatic N) is 1. The second kappa shape index (κ2) is 8.79. The number of benzene rings is 2. The lowest BCUT2D eigenvalue weighted by Crippen LogP contribution is -2.26. The van der Waals surface area contributed by atoms with Crippen LogP contribution in [0.4, 0.5) is 13.2 Å². The molecule has 10 heteroatoms. The molecule has 170 valence electrons. The van der Waals surface area contributed by atoms with Gasteiger partial charge in [-0.15, -0.1) is 0 Å². The Bertz CT molecular complexity index is 1220. The molecular weight excluding hydrogens is 445 g/mol. The maximum atomic E-state index is 12.9. The Labute approximate surface area is 183 Å². The zero-order valence-corrected chi connectivity index (χ0v) is 18.3. The number of nitrogens with one attached hydrogen (secondary N) is 1. The molecule has 6 nitrogen and oxygen atoms in total. The Morgan fingerprint density at radius 2 is 1.69 bits per heavy atom. The Hall–Kier alpha value is -3.11. The van der Waals surface area contributed by atoms with E-state index in [-0.39, 0.29) is 22.0 Å². The fraction of sp³-hybridized carbons (Fsp3) is 0.227. The molecule has 3 rings (SSSR count). The van der Waals surface area contributed by atoms with Gasteiger partial charge in [0, 0.05) is 19.7 Å². The molecular formula is C22H21F3N2O4S. The largest absolute Gasteiger partial charge is 0.451 e. The Balaban J connectivity index is 1.73. The molecule has 1 unspecified atom stereocenters. The summed E-state index contributed by atoms with van der Waals surface area (Å²) in [5, 5.41) is 2.72. The number of furan rings is 1. The third-order valence-electron chi connectivity index (χ3n) is 4.81. The number of carbonyl (C=O) groups excluding carboxylic acids is 1. The zero-order valence-electron chi connectivity index (χ0n) is 17.5. The van der Waals surface area contributed by atoms with Crippen LogP contribution in [0.15, 0.2) is 70.0 Å². The fourth-order valence-electron chi connectivity index (χ4n) is 2.95. The first kappa shape index (κ1) is 23.6. The molecule has 32 heavy (non-hydrogen) atoms. The summed E-state index contributed by atoms with van der Waals surface area (Å²) in [4.78, 5) is 12.7. The number of halogens is 3. The van der Waals surface area contributed by atoms with Crippen LogP contribution in [0.3, 0.4) is 0 Å². The monoisotopic (exact) mass is 466 g/mol. The van der Waals surface area contributed by atoms with Gasteiger partial charge in [-0.3, -0.25) is 4.79 Å². The van der Waals surface area contributed by atoms with Crippen molar-refractivity contribution in [3.8, 4) is 11.3 Å². The number of sulfonamides is 1. The molecule has 1 atom stereocenters. The van der Waals surface area contributed by atoms with Crippen LogP contribution < -0.4 is 5.32 Å². The van der Waals surface area contributed by atoms with Crippen LogP contribution in [-0.2, 0) is 16.2 Å². The van der Waals surface area contributed by atoms with Crippen molar-refractivity contribution in [1.29, 1.82) is 0 Å². The highest BCUT2D eigenvalue weighted by molar-refractivity contribution is 7.89. The summed E-state index contributed by atoms with van der Waals surface area (Å²) < 4.78 is 69.6. The Morgan fingerprint density at radius 3 is 2.28 bits per heavy atom. The van der Waals surface area contributed by atoms with Crippen LogP contribution in [0.25, 0.3) is 11.3 Å². The summed E-state index contributed by atoms with van der Waals surface area (Å²) in [6.45, 7) is 1.71. The summed E-state index contributed by atoms with van der Waals surface area (Å²) in [6.07, 6.45) is -4.49. The van der Waals surface area contributed by atoms with Crippen LogP contribution in [0.1, 0.15) is 34.6 Å². The Morgan fingerprint density at radius 1 is 1.03 bits per heavy atom. The predicted octanol–water partition coefficient (Wildman–Crippen LogP) is 4.71. The maximum absolute atomic E-state index is 12.9. The van der Waals surface area contributed by atoms with E-state index in [9.17, 15) is 26.4 Å². The number of rotatable bonds is 6. The van der Waals surface area contributed by atoms with Crippen molar-refractivity contribution in [2.24, 2.45) is 0 Å². The minimum Gasteiger partial charge on any atom is -0.451 e. The molecule has 0 radical (unpaired) electrons. The second-order valence-corrected chi connectivity index (χ2v) is 9.45. The minimum absolute atomic E-state index is 0.0592. The first-order chi connectivity index (χ1) is 14.9. The van der Waals surface area contributed by atoms with E-state index in [1.54, 1.807) is 19.1 Å². The number of carbonyl (C=O) groups is 1. The molecule has 0 fully saturated rings. The standard InChI is InChI=1S/C22H21F3N2O4S/c1-14(15-7-9-18(10-8-15)32(29,30)27(2)3)26-21(28)20-12-11-19(31-20)16-5-4-6-17(13-16)22(23,24)25/h4-14H,1-3H3,(H,26,28). The van der Waals surface area contributed by atoms with E-state index in [0.717, 1.165) is 16.4 Å². The van der Waals surface area contributed by atoms with Gasteiger partial charge in [-0.25, -0.2) is 12.7 Å². The van der Waals surface area contributed by atoms with Crippen LogP contribution in [0.2, 0.25) is 0 Å². The summed E-state index contributed by atoms with van der Waals surface area (Å²) >= 11 is 0. The number of amides is 1. The minimum atomic E-state index is -4.49.